The van der Waals surface area contributed by atoms with Gasteiger partial charge in [0.05, 0.1) is 24.2 Å². The Kier molecular flexibility index (Phi) is 25.1. The molecule has 17 nitrogen and oxygen atoms in total. The van der Waals surface area contributed by atoms with Gasteiger partial charge in [-0.25, -0.2) is 0 Å². The van der Waals surface area contributed by atoms with Crippen molar-refractivity contribution in [2.24, 2.45) is 16.7 Å². The number of nitrogens with one attached hydrogen (secondary N) is 7. The molecular weight excluding hydrogens is 1060 g/mol. The zero-order chi connectivity index (χ0) is 56.9. The number of hydrogen-bond acceptors (Lipinski definition) is 10. The molecule has 2 saturated heterocycles. The standard InChI is InChI=1S/C61H85N9O8.2ClH/c1-38(62-9)54(73)67-52(60(3,4)5)58(77)69-36-40(34-49(69)56(75)65-47-30-21-25-41-23-17-19-28-45(41)47)33-44(71)27-15-13-11-12-14-16-32-51(72)64-43-35-50(57(76)66-48-31-22-26-42-24-18-20-29-46(42)48)70(37-43)59(78)53(61(6,7)8)68-55(74)39(2)63-10;;/h17-20,23-24,28-29,38-40,43,47-50,52-53,62-63H,15-16,21-22,25-27,30-37H2,1-10H3,(H,64,72)(H,65,75)(H,66,76)(H,67,73)(H,68,74);2*1H/t38-,39-,40-,43-,47+,48+,49-,50-,52+,53+;;/m0../s1. The van der Waals surface area contributed by atoms with Crippen LogP contribution in [0.4, 0.5) is 0 Å². The Labute approximate surface area is 486 Å². The van der Waals surface area contributed by atoms with E-state index in [2.05, 4.69) is 73.0 Å². The lowest BCUT2D eigenvalue weighted by Gasteiger charge is -2.36. The molecule has 0 aromatic heterocycles. The SMILES string of the molecule is CN[C@@H](C)C(=O)N[C@H](C(=O)N1C[C@@H](CC(=O)CCC#CC#CCCC(=O)N[C@H]2C[C@@H](C(=O)N[C@@H]3CCCc4ccccc43)N(C(=O)[C@@H](NC(=O)[C@H](C)NC)C(C)(C)C)C2)C[C@H]1C(=O)N[C@@H]1CCCc2ccccc21)C(C)(C)C.Cl.Cl. The van der Waals surface area contributed by atoms with Crippen LogP contribution >= 0.6 is 24.8 Å². The molecule has 0 spiro atoms. The molecule has 2 aliphatic carbocycles. The summed E-state index contributed by atoms with van der Waals surface area (Å²) >= 11 is 0. The van der Waals surface area contributed by atoms with Gasteiger partial charge in [0.25, 0.3) is 0 Å². The Morgan fingerprint density at radius 1 is 0.600 bits per heavy atom. The topological polar surface area (TPSA) is 227 Å². The van der Waals surface area contributed by atoms with E-state index in [4.69, 9.17) is 0 Å². The first-order valence-corrected chi connectivity index (χ1v) is 28.1. The van der Waals surface area contributed by atoms with Crippen molar-refractivity contribution in [2.75, 3.05) is 27.2 Å². The number of aryl methyl sites for hydroxylation is 2. The quantitative estimate of drug-likeness (QED) is 0.0896. The normalized spacial score (nSPS) is 21.7. The van der Waals surface area contributed by atoms with Gasteiger partial charge in [0, 0.05) is 51.2 Å². The summed E-state index contributed by atoms with van der Waals surface area (Å²) in [5.41, 5.74) is 3.15. The largest absolute Gasteiger partial charge is 0.351 e. The summed E-state index contributed by atoms with van der Waals surface area (Å²) in [6.07, 6.45) is 6.56. The maximum absolute atomic E-state index is 14.5. The third kappa shape index (κ3) is 17.8. The predicted molar refractivity (Wildman–Crippen MR) is 314 cm³/mol. The highest BCUT2D eigenvalue weighted by Gasteiger charge is 2.48. The number of ketones is 1. The molecule has 80 heavy (non-hydrogen) atoms. The fraction of sp³-hybridized carbons (Fsp3) is 0.607. The van der Waals surface area contributed by atoms with Gasteiger partial charge < -0.3 is 47.0 Å². The van der Waals surface area contributed by atoms with Gasteiger partial charge in [-0.15, -0.1) is 24.8 Å². The number of rotatable bonds is 19. The number of likely N-dealkylation sites (N-methyl/N-ethyl adjacent to an activating group) is 2. The Hall–Kier alpha value is -5.98. The summed E-state index contributed by atoms with van der Waals surface area (Å²) in [5, 5.41) is 21.1. The van der Waals surface area contributed by atoms with Gasteiger partial charge in [-0.2, -0.15) is 0 Å². The number of benzene rings is 2. The van der Waals surface area contributed by atoms with Gasteiger partial charge >= 0.3 is 0 Å². The predicted octanol–water partition coefficient (Wildman–Crippen LogP) is 5.32. The summed E-state index contributed by atoms with van der Waals surface area (Å²) in [7, 11) is 3.33. The van der Waals surface area contributed by atoms with Crippen LogP contribution in [0.2, 0.25) is 0 Å². The number of Topliss-reactive ketones (excluding diaryl/α,β-unsaturated/α-hetero) is 1. The Morgan fingerprint density at radius 3 is 1.50 bits per heavy atom. The molecule has 0 bridgehead atoms. The molecule has 10 atom stereocenters. The summed E-state index contributed by atoms with van der Waals surface area (Å²) in [6, 6.07) is 10.5. The van der Waals surface area contributed by atoms with E-state index < -0.39 is 59.0 Å². The molecule has 4 aliphatic rings. The third-order valence-electron chi connectivity index (χ3n) is 15.8. The van der Waals surface area contributed by atoms with E-state index in [1.807, 2.05) is 77.9 Å². The minimum atomic E-state index is -0.939. The summed E-state index contributed by atoms with van der Waals surface area (Å²) in [6.45, 7) is 14.9. The number of amides is 7. The second-order valence-corrected chi connectivity index (χ2v) is 23.9. The lowest BCUT2D eigenvalue weighted by Crippen LogP contribution is -2.59. The van der Waals surface area contributed by atoms with Gasteiger partial charge in [0.1, 0.15) is 30.0 Å². The molecule has 7 N–H and O–H groups in total. The maximum atomic E-state index is 14.5. The van der Waals surface area contributed by atoms with E-state index in [-0.39, 0.29) is 136 Å². The molecule has 19 heteroatoms. The van der Waals surface area contributed by atoms with Crippen LogP contribution in [0, 0.1) is 40.4 Å². The monoisotopic (exact) mass is 1140 g/mol. The van der Waals surface area contributed by atoms with Crippen LogP contribution in [-0.4, -0.2) is 126 Å². The number of carbonyl (C=O) groups excluding carboxylic acids is 8. The first kappa shape index (κ1) is 66.5. The second kappa shape index (κ2) is 30.2. The van der Waals surface area contributed by atoms with Gasteiger partial charge in [0.15, 0.2) is 0 Å². The summed E-state index contributed by atoms with van der Waals surface area (Å²) in [4.78, 5) is 113. The van der Waals surface area contributed by atoms with E-state index in [9.17, 15) is 38.4 Å². The second-order valence-electron chi connectivity index (χ2n) is 23.9. The Bertz CT molecular complexity index is 2490. The smallest absolute Gasteiger partial charge is 0.246 e. The highest BCUT2D eigenvalue weighted by Crippen LogP contribution is 2.35. The zero-order valence-electron chi connectivity index (χ0n) is 48.5. The number of halogens is 2. The molecule has 2 aliphatic heterocycles. The molecule has 2 aromatic carbocycles. The molecule has 6 rings (SSSR count). The van der Waals surface area contributed by atoms with Crippen molar-refractivity contribution < 1.29 is 38.4 Å². The Morgan fingerprint density at radius 2 is 1.04 bits per heavy atom. The minimum absolute atomic E-state index is 0. The molecular formula is C61H87Cl2N9O8. The van der Waals surface area contributed by atoms with Crippen LogP contribution in [-0.2, 0) is 51.2 Å². The molecule has 2 fully saturated rings. The van der Waals surface area contributed by atoms with Crippen molar-refractivity contribution in [1.82, 2.24) is 47.0 Å². The first-order chi connectivity index (χ1) is 37.0. The third-order valence-corrected chi connectivity index (χ3v) is 15.8. The van der Waals surface area contributed by atoms with E-state index in [0.717, 1.165) is 49.7 Å². The van der Waals surface area contributed by atoms with E-state index in [0.29, 0.717) is 6.42 Å². The van der Waals surface area contributed by atoms with Crippen molar-refractivity contribution >= 4 is 71.9 Å². The fourth-order valence-electron chi connectivity index (χ4n) is 11.1. The van der Waals surface area contributed by atoms with E-state index in [1.165, 1.54) is 16.0 Å². The van der Waals surface area contributed by atoms with Crippen molar-refractivity contribution in [3.05, 3.63) is 70.8 Å². The molecule has 0 saturated carbocycles. The molecule has 0 radical (unpaired) electrons. The highest BCUT2D eigenvalue weighted by molar-refractivity contribution is 5.95. The summed E-state index contributed by atoms with van der Waals surface area (Å²) in [5.74, 6) is 8.78. The van der Waals surface area contributed by atoms with Crippen LogP contribution in [0.25, 0.3) is 0 Å². The van der Waals surface area contributed by atoms with Gasteiger partial charge in [0.2, 0.25) is 41.4 Å². The molecule has 7 amide bonds. The van der Waals surface area contributed by atoms with Crippen molar-refractivity contribution in [2.45, 2.75) is 193 Å². The number of fused-ring (bicyclic) bond motifs is 2. The summed E-state index contributed by atoms with van der Waals surface area (Å²) < 4.78 is 0. The average Bonchev–Trinajstić information content (AvgIpc) is 4.03. The van der Waals surface area contributed by atoms with Crippen LogP contribution in [0.5, 0.6) is 0 Å². The lowest BCUT2D eigenvalue weighted by atomic mass is 9.85. The molecule has 0 unspecified atom stereocenters. The number of carbonyl (C=O) groups is 8. The molecule has 2 heterocycles. The van der Waals surface area contributed by atoms with Crippen LogP contribution in [0.1, 0.15) is 160 Å². The molecule has 2 aromatic rings. The molecule has 438 valence electrons. The number of nitrogens with zero attached hydrogens (tertiary/aromatic N) is 2. The van der Waals surface area contributed by atoms with Gasteiger partial charge in [-0.3, -0.25) is 38.4 Å². The van der Waals surface area contributed by atoms with Crippen LogP contribution in [0.3, 0.4) is 0 Å². The van der Waals surface area contributed by atoms with Crippen molar-refractivity contribution in [3.63, 3.8) is 0 Å². The maximum Gasteiger partial charge on any atom is 0.246 e. The van der Waals surface area contributed by atoms with Gasteiger partial charge in [-0.1, -0.05) is 102 Å². The van der Waals surface area contributed by atoms with E-state index >= 15 is 0 Å². The first-order valence-electron chi connectivity index (χ1n) is 28.1. The van der Waals surface area contributed by atoms with Crippen LogP contribution in [0.15, 0.2) is 48.5 Å². The fourth-order valence-corrected chi connectivity index (χ4v) is 11.1. The van der Waals surface area contributed by atoms with Crippen molar-refractivity contribution in [1.29, 1.82) is 0 Å². The minimum Gasteiger partial charge on any atom is -0.351 e. The van der Waals surface area contributed by atoms with E-state index in [1.54, 1.807) is 32.8 Å². The average molecular weight is 1150 g/mol. The number of hydrogen-bond donors (Lipinski definition) is 7. The zero-order valence-corrected chi connectivity index (χ0v) is 50.1. The number of likely N-dealkylation sites (tertiary alicyclic amines) is 2. The van der Waals surface area contributed by atoms with Crippen molar-refractivity contribution in [3.8, 4) is 23.7 Å². The van der Waals surface area contributed by atoms with Gasteiger partial charge in [-0.05, 0) is 130 Å². The Balaban J connectivity index is 0.00000689. The highest BCUT2D eigenvalue weighted by atomic mass is 35.5. The van der Waals surface area contributed by atoms with Crippen LogP contribution < -0.4 is 37.2 Å². The lowest BCUT2D eigenvalue weighted by molar-refractivity contribution is -0.144.